The van der Waals surface area contributed by atoms with E-state index in [-0.39, 0.29) is 17.5 Å². The first-order valence-corrected chi connectivity index (χ1v) is 12.5. The van der Waals surface area contributed by atoms with E-state index in [1.54, 1.807) is 17.7 Å². The van der Waals surface area contributed by atoms with Crippen molar-refractivity contribution in [2.45, 2.75) is 71.8 Å². The summed E-state index contributed by atoms with van der Waals surface area (Å²) in [6.07, 6.45) is 6.60. The van der Waals surface area contributed by atoms with Crippen molar-refractivity contribution in [3.05, 3.63) is 64.7 Å². The first kappa shape index (κ1) is 25.5. The van der Waals surface area contributed by atoms with Crippen molar-refractivity contribution >= 4 is 16.8 Å². The highest BCUT2D eigenvalue weighted by atomic mass is 16.5. The molecule has 182 valence electrons. The molecular weight excluding hydrogens is 426 g/mol. The smallest absolute Gasteiger partial charge is 0.266 e. The summed E-state index contributed by atoms with van der Waals surface area (Å²) in [6, 6.07) is 14.4. The molecule has 0 radical (unpaired) electrons. The van der Waals surface area contributed by atoms with Crippen LogP contribution >= 0.6 is 0 Å². The monoisotopic (exact) mass is 463 g/mol. The third-order valence-electron chi connectivity index (χ3n) is 6.29. The van der Waals surface area contributed by atoms with Crippen molar-refractivity contribution in [1.29, 1.82) is 0 Å². The molecule has 0 saturated heterocycles. The van der Waals surface area contributed by atoms with Gasteiger partial charge in [0.05, 0.1) is 29.7 Å². The van der Waals surface area contributed by atoms with Crippen LogP contribution in [0.3, 0.4) is 0 Å². The maximum Gasteiger partial charge on any atom is 0.266 e. The lowest BCUT2D eigenvalue weighted by Gasteiger charge is -2.31. The van der Waals surface area contributed by atoms with Gasteiger partial charge in [0, 0.05) is 13.0 Å². The molecule has 1 atom stereocenters. The van der Waals surface area contributed by atoms with Crippen LogP contribution in [-0.4, -0.2) is 34.0 Å². The Balaban J connectivity index is 2.16. The molecule has 0 spiro atoms. The quantitative estimate of drug-likeness (QED) is 0.307. The van der Waals surface area contributed by atoms with Crippen molar-refractivity contribution in [1.82, 2.24) is 14.5 Å². The Morgan fingerprint density at radius 3 is 2.44 bits per heavy atom. The van der Waals surface area contributed by atoms with E-state index in [0.29, 0.717) is 41.1 Å². The van der Waals surface area contributed by atoms with Gasteiger partial charge in [0.1, 0.15) is 11.6 Å². The van der Waals surface area contributed by atoms with Crippen LogP contribution in [0.25, 0.3) is 16.6 Å². The lowest BCUT2D eigenvalue weighted by molar-refractivity contribution is -0.133. The van der Waals surface area contributed by atoms with Crippen molar-refractivity contribution in [2.75, 3.05) is 13.7 Å². The molecule has 0 saturated carbocycles. The summed E-state index contributed by atoms with van der Waals surface area (Å²) in [4.78, 5) is 33.9. The summed E-state index contributed by atoms with van der Waals surface area (Å²) in [6.45, 7) is 6.90. The molecule has 0 bridgehead atoms. The van der Waals surface area contributed by atoms with Gasteiger partial charge in [0.15, 0.2) is 0 Å². The van der Waals surface area contributed by atoms with Crippen molar-refractivity contribution in [3.8, 4) is 11.4 Å². The van der Waals surface area contributed by atoms with Crippen LogP contribution < -0.4 is 10.3 Å². The van der Waals surface area contributed by atoms with Gasteiger partial charge < -0.3 is 9.64 Å². The maximum absolute atomic E-state index is 13.7. The predicted molar refractivity (Wildman–Crippen MR) is 138 cm³/mol. The van der Waals surface area contributed by atoms with Gasteiger partial charge in [-0.1, -0.05) is 63.8 Å². The van der Waals surface area contributed by atoms with Crippen LogP contribution in [0.5, 0.6) is 5.75 Å². The van der Waals surface area contributed by atoms with Crippen LogP contribution in [0.1, 0.15) is 77.6 Å². The fourth-order valence-corrected chi connectivity index (χ4v) is 4.33. The Kier molecular flexibility index (Phi) is 9.25. The first-order chi connectivity index (χ1) is 16.5. The molecule has 0 aliphatic heterocycles. The number of ether oxygens (including phenoxy) is 1. The third-order valence-corrected chi connectivity index (χ3v) is 6.29. The van der Waals surface area contributed by atoms with Gasteiger partial charge in [-0.25, -0.2) is 4.98 Å². The summed E-state index contributed by atoms with van der Waals surface area (Å²) >= 11 is 0. The number of carbonyl (C=O) groups excluding carboxylic acids is 1. The minimum atomic E-state index is -0.367. The molecule has 2 aromatic carbocycles. The molecule has 0 aliphatic rings. The zero-order valence-electron chi connectivity index (χ0n) is 20.9. The number of nitrogens with zero attached hydrogens (tertiary/aromatic N) is 3. The molecule has 1 amide bonds. The number of rotatable bonds is 12. The van der Waals surface area contributed by atoms with Crippen molar-refractivity contribution in [3.63, 3.8) is 0 Å². The number of benzene rings is 2. The van der Waals surface area contributed by atoms with Crippen LogP contribution in [0.15, 0.2) is 53.3 Å². The molecule has 0 unspecified atom stereocenters. The van der Waals surface area contributed by atoms with Gasteiger partial charge in [-0.3, -0.25) is 14.2 Å². The SMILES string of the molecule is CCCCCCN(C(=O)CCCC)[C@@H](C)c1nc2ccccc2c(=O)n1-c1ccccc1OC. The molecule has 6 nitrogen and oxygen atoms in total. The molecule has 0 aliphatic carbocycles. The van der Waals surface area contributed by atoms with Gasteiger partial charge in [-0.2, -0.15) is 0 Å². The minimum absolute atomic E-state index is 0.111. The van der Waals surface area contributed by atoms with Gasteiger partial charge in [0.2, 0.25) is 5.91 Å². The number of fused-ring (bicyclic) bond motifs is 1. The summed E-state index contributed by atoms with van der Waals surface area (Å²) in [5.41, 5.74) is 1.10. The number of hydrogen-bond acceptors (Lipinski definition) is 4. The summed E-state index contributed by atoms with van der Waals surface area (Å²) < 4.78 is 7.21. The number of hydrogen-bond donors (Lipinski definition) is 0. The van der Waals surface area contributed by atoms with E-state index in [2.05, 4.69) is 13.8 Å². The number of unbranched alkanes of at least 4 members (excludes halogenated alkanes) is 4. The lowest BCUT2D eigenvalue weighted by Crippen LogP contribution is -2.38. The Morgan fingerprint density at radius 2 is 1.71 bits per heavy atom. The molecule has 34 heavy (non-hydrogen) atoms. The van der Waals surface area contributed by atoms with E-state index in [4.69, 9.17) is 9.72 Å². The molecule has 1 heterocycles. The zero-order valence-corrected chi connectivity index (χ0v) is 20.9. The molecule has 0 fully saturated rings. The van der Waals surface area contributed by atoms with Crippen molar-refractivity contribution < 1.29 is 9.53 Å². The minimum Gasteiger partial charge on any atom is -0.495 e. The fraction of sp³-hybridized carbons (Fsp3) is 0.464. The summed E-state index contributed by atoms with van der Waals surface area (Å²) in [5.74, 6) is 1.25. The highest BCUT2D eigenvalue weighted by Gasteiger charge is 2.27. The van der Waals surface area contributed by atoms with Crippen LogP contribution in [-0.2, 0) is 4.79 Å². The molecular formula is C28H37N3O3. The molecule has 1 aromatic heterocycles. The Morgan fingerprint density at radius 1 is 1.00 bits per heavy atom. The zero-order chi connectivity index (χ0) is 24.5. The number of amides is 1. The van der Waals surface area contributed by atoms with Crippen LogP contribution in [0, 0.1) is 0 Å². The predicted octanol–water partition coefficient (Wildman–Crippen LogP) is 6.05. The second-order valence-corrected chi connectivity index (χ2v) is 8.73. The van der Waals surface area contributed by atoms with E-state index >= 15 is 0 Å². The van der Waals surface area contributed by atoms with Crippen LogP contribution in [0.2, 0.25) is 0 Å². The molecule has 3 rings (SSSR count). The van der Waals surface area contributed by atoms with Crippen molar-refractivity contribution in [2.24, 2.45) is 0 Å². The Hall–Kier alpha value is -3.15. The van der Waals surface area contributed by atoms with E-state index in [1.165, 1.54) is 0 Å². The number of aromatic nitrogens is 2. The standard InChI is InChI=1S/C28H37N3O3/c1-5-7-9-14-20-30(26(32)19-8-6-2)21(3)27-29-23-16-11-10-15-22(23)28(33)31(27)24-17-12-13-18-25(24)34-4/h10-13,15-18,21H,5-9,14,19-20H2,1-4H3/t21-/m0/s1. The third kappa shape index (κ3) is 5.66. The molecule has 3 aromatic rings. The molecule has 0 N–H and O–H groups in total. The highest BCUT2D eigenvalue weighted by Crippen LogP contribution is 2.28. The second-order valence-electron chi connectivity index (χ2n) is 8.73. The average Bonchev–Trinajstić information content (AvgIpc) is 2.87. The molecule has 6 heteroatoms. The normalized spacial score (nSPS) is 12.0. The maximum atomic E-state index is 13.7. The number of para-hydroxylation sites is 3. The first-order valence-electron chi connectivity index (χ1n) is 12.5. The van der Waals surface area contributed by atoms with Gasteiger partial charge in [0.25, 0.3) is 5.56 Å². The highest BCUT2D eigenvalue weighted by molar-refractivity contribution is 5.79. The summed E-state index contributed by atoms with van der Waals surface area (Å²) in [5, 5.41) is 0.538. The van der Waals surface area contributed by atoms with Crippen LogP contribution in [0.4, 0.5) is 0 Å². The number of carbonyl (C=O) groups is 1. The summed E-state index contributed by atoms with van der Waals surface area (Å²) in [7, 11) is 1.59. The topological polar surface area (TPSA) is 64.4 Å². The van der Waals surface area contributed by atoms with Gasteiger partial charge in [-0.05, 0) is 44.0 Å². The average molecular weight is 464 g/mol. The van der Waals surface area contributed by atoms with E-state index < -0.39 is 0 Å². The lowest BCUT2D eigenvalue weighted by atomic mass is 10.1. The number of methoxy groups -OCH3 is 1. The Bertz CT molecular complexity index is 1160. The Labute approximate surface area is 202 Å². The van der Waals surface area contributed by atoms with Gasteiger partial charge >= 0.3 is 0 Å². The van der Waals surface area contributed by atoms with E-state index in [0.717, 1.165) is 38.5 Å². The second kappa shape index (κ2) is 12.4. The van der Waals surface area contributed by atoms with Gasteiger partial charge in [-0.15, -0.1) is 0 Å². The fourth-order valence-electron chi connectivity index (χ4n) is 4.33. The van der Waals surface area contributed by atoms with E-state index in [1.807, 2.05) is 54.3 Å². The van der Waals surface area contributed by atoms with E-state index in [9.17, 15) is 9.59 Å². The largest absolute Gasteiger partial charge is 0.495 e.